The van der Waals surface area contributed by atoms with E-state index in [0.717, 1.165) is 5.56 Å². The number of hydrogen-bond donors (Lipinski definition) is 2. The van der Waals surface area contributed by atoms with Crippen molar-refractivity contribution in [1.82, 2.24) is 9.78 Å². The van der Waals surface area contributed by atoms with Crippen LogP contribution in [0.2, 0.25) is 0 Å². The topological polar surface area (TPSA) is 90.1 Å². The molecular formula is C15H15N3O3. The second-order valence-electron chi connectivity index (χ2n) is 4.27. The number of nitrogens with zero attached hydrogens (tertiary/aromatic N) is 1. The van der Waals surface area contributed by atoms with Gasteiger partial charge in [0.05, 0.1) is 25.8 Å². The van der Waals surface area contributed by atoms with Crippen molar-refractivity contribution in [1.29, 1.82) is 0 Å². The Kier molecular flexibility index (Phi) is 4.59. The van der Waals surface area contributed by atoms with Gasteiger partial charge in [0.1, 0.15) is 5.75 Å². The molecule has 0 saturated heterocycles. The second-order valence-corrected chi connectivity index (χ2v) is 4.27. The number of H-pyrrole nitrogens is 1. The molecule has 108 valence electrons. The number of aromatic nitrogens is 2. The molecule has 3 N–H and O–H groups in total. The first kappa shape index (κ1) is 14.6. The molecule has 6 nitrogen and oxygen atoms in total. The Hall–Kier alpha value is -2.78. The van der Waals surface area contributed by atoms with Gasteiger partial charge in [0, 0.05) is 12.1 Å². The van der Waals surface area contributed by atoms with E-state index < -0.39 is 0 Å². The molecule has 6 heteroatoms. The van der Waals surface area contributed by atoms with Gasteiger partial charge in [-0.05, 0) is 17.7 Å². The first-order chi connectivity index (χ1) is 10.1. The molecule has 0 aliphatic rings. The molecule has 0 bridgehead atoms. The van der Waals surface area contributed by atoms with Crippen LogP contribution >= 0.6 is 0 Å². The van der Waals surface area contributed by atoms with Crippen LogP contribution in [-0.2, 0) is 6.54 Å². The SMILES string of the molecule is COc1ccc(Cn2[nH]c(=O)ccc2=O)cc1C#CCN. The molecule has 0 amide bonds. The molecular weight excluding hydrogens is 270 g/mol. The minimum Gasteiger partial charge on any atom is -0.495 e. The highest BCUT2D eigenvalue weighted by molar-refractivity contribution is 5.48. The van der Waals surface area contributed by atoms with Crippen molar-refractivity contribution >= 4 is 0 Å². The van der Waals surface area contributed by atoms with Crippen molar-refractivity contribution in [2.45, 2.75) is 6.54 Å². The summed E-state index contributed by atoms with van der Waals surface area (Å²) in [5.74, 6) is 6.31. The Morgan fingerprint density at radius 2 is 2.10 bits per heavy atom. The van der Waals surface area contributed by atoms with Gasteiger partial charge in [-0.25, -0.2) is 4.68 Å². The maximum atomic E-state index is 11.7. The molecule has 1 aromatic heterocycles. The predicted molar refractivity (Wildman–Crippen MR) is 79.4 cm³/mol. The minimum absolute atomic E-state index is 0.246. The van der Waals surface area contributed by atoms with Crippen LogP contribution in [0.3, 0.4) is 0 Å². The van der Waals surface area contributed by atoms with E-state index in [-0.39, 0.29) is 24.2 Å². The number of hydrogen-bond acceptors (Lipinski definition) is 4. The van der Waals surface area contributed by atoms with Crippen LogP contribution in [-0.4, -0.2) is 23.4 Å². The van der Waals surface area contributed by atoms with Crippen molar-refractivity contribution in [3.8, 4) is 17.6 Å². The highest BCUT2D eigenvalue weighted by Gasteiger charge is 2.04. The standard InChI is InChI=1S/C15H15N3O3/c1-21-13-5-4-11(9-12(13)3-2-8-16)10-18-15(20)7-6-14(19)17-18/h4-7,9H,8,10,16H2,1H3,(H,17,19). The molecule has 1 aromatic carbocycles. The average Bonchev–Trinajstić information content (AvgIpc) is 2.49. The first-order valence-corrected chi connectivity index (χ1v) is 6.30. The summed E-state index contributed by atoms with van der Waals surface area (Å²) in [4.78, 5) is 22.9. The van der Waals surface area contributed by atoms with E-state index >= 15 is 0 Å². The van der Waals surface area contributed by atoms with Gasteiger partial charge >= 0.3 is 0 Å². The Labute approximate surface area is 121 Å². The van der Waals surface area contributed by atoms with Crippen molar-refractivity contribution in [3.05, 3.63) is 62.2 Å². The fourth-order valence-corrected chi connectivity index (χ4v) is 1.86. The van der Waals surface area contributed by atoms with E-state index in [4.69, 9.17) is 10.5 Å². The average molecular weight is 285 g/mol. The van der Waals surface area contributed by atoms with Gasteiger partial charge in [-0.3, -0.25) is 14.7 Å². The number of aromatic amines is 1. The number of methoxy groups -OCH3 is 1. The molecule has 0 aliphatic heterocycles. The third-order valence-corrected chi connectivity index (χ3v) is 2.82. The number of nitrogens with two attached hydrogens (primary N) is 1. The number of ether oxygens (including phenoxy) is 1. The van der Waals surface area contributed by atoms with Gasteiger partial charge in [0.15, 0.2) is 0 Å². The van der Waals surface area contributed by atoms with E-state index in [1.807, 2.05) is 6.07 Å². The van der Waals surface area contributed by atoms with Gasteiger partial charge in [-0.1, -0.05) is 17.9 Å². The fraction of sp³-hybridized carbons (Fsp3) is 0.200. The van der Waals surface area contributed by atoms with Gasteiger partial charge in [-0.2, -0.15) is 0 Å². The molecule has 0 radical (unpaired) electrons. The van der Waals surface area contributed by atoms with Crippen LogP contribution in [0, 0.1) is 11.8 Å². The maximum Gasteiger partial charge on any atom is 0.265 e. The van der Waals surface area contributed by atoms with Crippen LogP contribution in [0.1, 0.15) is 11.1 Å². The summed E-state index contributed by atoms with van der Waals surface area (Å²) < 4.78 is 6.46. The maximum absolute atomic E-state index is 11.7. The summed E-state index contributed by atoms with van der Waals surface area (Å²) >= 11 is 0. The molecule has 2 rings (SSSR count). The van der Waals surface area contributed by atoms with E-state index in [2.05, 4.69) is 16.9 Å². The van der Waals surface area contributed by atoms with Crippen LogP contribution in [0.5, 0.6) is 5.75 Å². The molecule has 0 saturated carbocycles. The summed E-state index contributed by atoms with van der Waals surface area (Å²) in [5.41, 5.74) is 6.27. The monoisotopic (exact) mass is 285 g/mol. The van der Waals surface area contributed by atoms with Gasteiger partial charge in [0.25, 0.3) is 11.1 Å². The zero-order valence-electron chi connectivity index (χ0n) is 11.6. The van der Waals surface area contributed by atoms with Crippen LogP contribution in [0.15, 0.2) is 39.9 Å². The molecule has 0 unspecified atom stereocenters. The number of benzene rings is 1. The molecule has 2 aromatic rings. The summed E-state index contributed by atoms with van der Waals surface area (Å²) in [6.45, 7) is 0.495. The van der Waals surface area contributed by atoms with Gasteiger partial charge in [-0.15, -0.1) is 0 Å². The number of rotatable bonds is 3. The van der Waals surface area contributed by atoms with Crippen LogP contribution in [0.25, 0.3) is 0 Å². The van der Waals surface area contributed by atoms with Crippen molar-refractivity contribution in [2.24, 2.45) is 5.73 Å². The third kappa shape index (κ3) is 3.61. The molecule has 0 fully saturated rings. The van der Waals surface area contributed by atoms with Gasteiger partial charge in [0.2, 0.25) is 0 Å². The Bertz CT molecular complexity index is 809. The van der Waals surface area contributed by atoms with Crippen molar-refractivity contribution in [3.63, 3.8) is 0 Å². The van der Waals surface area contributed by atoms with Crippen molar-refractivity contribution in [2.75, 3.05) is 13.7 Å². The molecule has 1 heterocycles. The highest BCUT2D eigenvalue weighted by atomic mass is 16.5. The Morgan fingerprint density at radius 1 is 1.29 bits per heavy atom. The minimum atomic E-state index is -0.328. The first-order valence-electron chi connectivity index (χ1n) is 6.30. The normalized spacial score (nSPS) is 9.81. The van der Waals surface area contributed by atoms with Crippen LogP contribution in [0.4, 0.5) is 0 Å². The largest absolute Gasteiger partial charge is 0.495 e. The fourth-order valence-electron chi connectivity index (χ4n) is 1.86. The van der Waals surface area contributed by atoms with E-state index in [1.54, 1.807) is 19.2 Å². The molecule has 0 aliphatic carbocycles. The summed E-state index contributed by atoms with van der Waals surface area (Å²) in [5, 5.41) is 2.48. The van der Waals surface area contributed by atoms with Crippen molar-refractivity contribution < 1.29 is 4.74 Å². The highest BCUT2D eigenvalue weighted by Crippen LogP contribution is 2.19. The predicted octanol–water partition coefficient (Wildman–Crippen LogP) is -0.0963. The van der Waals surface area contributed by atoms with Gasteiger partial charge < -0.3 is 10.5 Å². The second kappa shape index (κ2) is 6.59. The molecule has 21 heavy (non-hydrogen) atoms. The smallest absolute Gasteiger partial charge is 0.265 e. The van der Waals surface area contributed by atoms with E-state index in [9.17, 15) is 9.59 Å². The van der Waals surface area contributed by atoms with E-state index in [0.29, 0.717) is 11.3 Å². The Balaban J connectivity index is 2.39. The lowest BCUT2D eigenvalue weighted by atomic mass is 10.1. The van der Waals surface area contributed by atoms with E-state index in [1.165, 1.54) is 16.8 Å². The summed E-state index contributed by atoms with van der Waals surface area (Å²) in [6, 6.07) is 7.81. The summed E-state index contributed by atoms with van der Waals surface area (Å²) in [6.07, 6.45) is 0. The lowest BCUT2D eigenvalue weighted by Crippen LogP contribution is -2.28. The molecule has 0 spiro atoms. The Morgan fingerprint density at radius 3 is 2.81 bits per heavy atom. The number of nitrogens with one attached hydrogen (secondary N) is 1. The lowest BCUT2D eigenvalue weighted by molar-refractivity contribution is 0.413. The third-order valence-electron chi connectivity index (χ3n) is 2.82. The zero-order valence-corrected chi connectivity index (χ0v) is 11.6. The quantitative estimate of drug-likeness (QED) is 0.771. The summed E-state index contributed by atoms with van der Waals surface area (Å²) in [7, 11) is 1.56. The van der Waals surface area contributed by atoms with Crippen LogP contribution < -0.4 is 21.6 Å². The lowest BCUT2D eigenvalue weighted by Gasteiger charge is -2.08. The zero-order chi connectivity index (χ0) is 15.2. The molecule has 0 atom stereocenters.